The maximum absolute atomic E-state index is 12.3. The molecule has 0 aliphatic carbocycles. The van der Waals surface area contributed by atoms with E-state index in [0.717, 1.165) is 23.2 Å². The number of aryl methyl sites for hydroxylation is 1. The first-order valence-electron chi connectivity index (χ1n) is 7.19. The number of hydrogen-bond donors (Lipinski definition) is 1. The van der Waals surface area contributed by atoms with Gasteiger partial charge in [-0.1, -0.05) is 6.07 Å². The number of fused-ring (bicyclic) bond motifs is 1. The highest BCUT2D eigenvalue weighted by atomic mass is 16.5. The molecular formula is C17H18N2O3. The highest BCUT2D eigenvalue weighted by Crippen LogP contribution is 2.21. The van der Waals surface area contributed by atoms with Crippen molar-refractivity contribution in [1.82, 2.24) is 4.98 Å². The van der Waals surface area contributed by atoms with E-state index in [1.54, 1.807) is 25.4 Å². The summed E-state index contributed by atoms with van der Waals surface area (Å²) in [4.78, 5) is 16.7. The van der Waals surface area contributed by atoms with Gasteiger partial charge in [-0.15, -0.1) is 0 Å². The van der Waals surface area contributed by atoms with Crippen molar-refractivity contribution in [3.8, 4) is 5.75 Å². The second-order valence-electron chi connectivity index (χ2n) is 5.27. The van der Waals surface area contributed by atoms with E-state index in [4.69, 9.17) is 9.47 Å². The van der Waals surface area contributed by atoms with Gasteiger partial charge in [0.15, 0.2) is 0 Å². The summed E-state index contributed by atoms with van der Waals surface area (Å²) < 4.78 is 10.7. The van der Waals surface area contributed by atoms with Crippen LogP contribution in [-0.2, 0) is 17.8 Å². The third kappa shape index (κ3) is 2.94. The number of hydrogen-bond acceptors (Lipinski definition) is 4. The van der Waals surface area contributed by atoms with Crippen LogP contribution in [0.5, 0.6) is 5.75 Å². The van der Waals surface area contributed by atoms with E-state index >= 15 is 0 Å². The van der Waals surface area contributed by atoms with Crippen molar-refractivity contribution in [2.75, 3.05) is 19.0 Å². The predicted octanol–water partition coefficient (Wildman–Crippen LogP) is 2.72. The van der Waals surface area contributed by atoms with Crippen LogP contribution in [0.3, 0.4) is 0 Å². The Morgan fingerprint density at radius 1 is 1.36 bits per heavy atom. The number of aromatic nitrogens is 1. The summed E-state index contributed by atoms with van der Waals surface area (Å²) in [6.07, 6.45) is 2.51. The van der Waals surface area contributed by atoms with Crippen LogP contribution in [0.15, 0.2) is 30.5 Å². The van der Waals surface area contributed by atoms with Gasteiger partial charge >= 0.3 is 0 Å². The molecule has 1 amide bonds. The standard InChI is InChI=1S/C17H18N2O3/c1-11-3-4-12(8-16(11)21-2)17(20)19-14-7-13-10-22-6-5-15(13)18-9-14/h3-4,7-9H,5-6,10H2,1-2H3,(H,19,20). The molecule has 1 aromatic carbocycles. The van der Waals surface area contributed by atoms with Gasteiger partial charge in [0, 0.05) is 23.2 Å². The normalized spacial score (nSPS) is 13.4. The number of methoxy groups -OCH3 is 1. The molecule has 1 aromatic heterocycles. The van der Waals surface area contributed by atoms with Crippen LogP contribution < -0.4 is 10.1 Å². The molecule has 0 saturated heterocycles. The van der Waals surface area contributed by atoms with Crippen LogP contribution in [0.1, 0.15) is 27.2 Å². The zero-order valence-corrected chi connectivity index (χ0v) is 12.7. The van der Waals surface area contributed by atoms with E-state index < -0.39 is 0 Å². The second-order valence-corrected chi connectivity index (χ2v) is 5.27. The topological polar surface area (TPSA) is 60.5 Å². The molecule has 0 fully saturated rings. The van der Waals surface area contributed by atoms with Gasteiger partial charge in [0.25, 0.3) is 5.91 Å². The number of benzene rings is 1. The molecule has 1 N–H and O–H groups in total. The van der Waals surface area contributed by atoms with Gasteiger partial charge in [-0.05, 0) is 30.7 Å². The van der Waals surface area contributed by atoms with Gasteiger partial charge in [-0.25, -0.2) is 0 Å². The third-order valence-electron chi connectivity index (χ3n) is 3.73. The van der Waals surface area contributed by atoms with Crippen molar-refractivity contribution in [3.05, 3.63) is 52.8 Å². The average molecular weight is 298 g/mol. The first kappa shape index (κ1) is 14.5. The van der Waals surface area contributed by atoms with Crippen molar-refractivity contribution in [2.24, 2.45) is 0 Å². The average Bonchev–Trinajstić information content (AvgIpc) is 2.55. The number of anilines is 1. The minimum atomic E-state index is -0.184. The lowest BCUT2D eigenvalue weighted by atomic mass is 10.1. The zero-order chi connectivity index (χ0) is 15.5. The molecule has 0 radical (unpaired) electrons. The van der Waals surface area contributed by atoms with E-state index in [2.05, 4.69) is 10.3 Å². The summed E-state index contributed by atoms with van der Waals surface area (Å²) in [5.74, 6) is 0.515. The minimum absolute atomic E-state index is 0.184. The summed E-state index contributed by atoms with van der Waals surface area (Å²) in [5, 5.41) is 2.87. The molecule has 0 unspecified atom stereocenters. The number of ether oxygens (including phenoxy) is 2. The molecule has 0 spiro atoms. The minimum Gasteiger partial charge on any atom is -0.496 e. The molecule has 1 aliphatic heterocycles. The molecule has 0 atom stereocenters. The predicted molar refractivity (Wildman–Crippen MR) is 83.3 cm³/mol. The lowest BCUT2D eigenvalue weighted by Crippen LogP contribution is -2.15. The fourth-order valence-electron chi connectivity index (χ4n) is 2.47. The van der Waals surface area contributed by atoms with Crippen LogP contribution in [0.4, 0.5) is 5.69 Å². The van der Waals surface area contributed by atoms with E-state index in [0.29, 0.717) is 30.2 Å². The van der Waals surface area contributed by atoms with Gasteiger partial charge in [-0.3, -0.25) is 9.78 Å². The van der Waals surface area contributed by atoms with E-state index in [1.807, 2.05) is 19.1 Å². The Balaban J connectivity index is 1.79. The zero-order valence-electron chi connectivity index (χ0n) is 12.7. The van der Waals surface area contributed by atoms with Gasteiger partial charge in [0.1, 0.15) is 5.75 Å². The summed E-state index contributed by atoms with van der Waals surface area (Å²) >= 11 is 0. The largest absolute Gasteiger partial charge is 0.496 e. The Morgan fingerprint density at radius 3 is 3.05 bits per heavy atom. The Hall–Kier alpha value is -2.40. The summed E-state index contributed by atoms with van der Waals surface area (Å²) in [6.45, 7) is 3.19. The maximum Gasteiger partial charge on any atom is 0.255 e. The molecule has 3 rings (SSSR count). The van der Waals surface area contributed by atoms with Crippen molar-refractivity contribution < 1.29 is 14.3 Å². The van der Waals surface area contributed by atoms with Crippen LogP contribution >= 0.6 is 0 Å². The van der Waals surface area contributed by atoms with Gasteiger partial charge in [-0.2, -0.15) is 0 Å². The fraction of sp³-hybridized carbons (Fsp3) is 0.294. The number of carbonyl (C=O) groups excluding carboxylic acids is 1. The lowest BCUT2D eigenvalue weighted by Gasteiger charge is -2.16. The molecule has 2 heterocycles. The molecule has 22 heavy (non-hydrogen) atoms. The molecule has 0 bridgehead atoms. The number of carbonyl (C=O) groups is 1. The van der Waals surface area contributed by atoms with E-state index in [1.165, 1.54) is 0 Å². The molecule has 5 heteroatoms. The summed E-state index contributed by atoms with van der Waals surface area (Å²) in [7, 11) is 1.59. The monoisotopic (exact) mass is 298 g/mol. The van der Waals surface area contributed by atoms with Gasteiger partial charge in [0.2, 0.25) is 0 Å². The Morgan fingerprint density at radius 2 is 2.23 bits per heavy atom. The van der Waals surface area contributed by atoms with Gasteiger partial charge < -0.3 is 14.8 Å². The highest BCUT2D eigenvalue weighted by Gasteiger charge is 2.13. The number of nitrogens with zero attached hydrogens (tertiary/aromatic N) is 1. The smallest absolute Gasteiger partial charge is 0.255 e. The first-order valence-corrected chi connectivity index (χ1v) is 7.19. The van der Waals surface area contributed by atoms with Gasteiger partial charge in [0.05, 0.1) is 32.2 Å². The van der Waals surface area contributed by atoms with Crippen molar-refractivity contribution in [1.29, 1.82) is 0 Å². The quantitative estimate of drug-likeness (QED) is 0.946. The Bertz CT molecular complexity index is 713. The number of amides is 1. The van der Waals surface area contributed by atoms with Crippen LogP contribution in [0.2, 0.25) is 0 Å². The Labute approximate surface area is 129 Å². The van der Waals surface area contributed by atoms with Crippen LogP contribution in [-0.4, -0.2) is 24.6 Å². The number of nitrogens with one attached hydrogen (secondary N) is 1. The SMILES string of the molecule is COc1cc(C(=O)Nc2cnc3c(c2)COCC3)ccc1C. The summed E-state index contributed by atoms with van der Waals surface area (Å²) in [6, 6.07) is 7.30. The molecule has 1 aliphatic rings. The number of pyridine rings is 1. The molecular weight excluding hydrogens is 280 g/mol. The molecule has 114 valence electrons. The van der Waals surface area contributed by atoms with E-state index in [-0.39, 0.29) is 5.91 Å². The number of rotatable bonds is 3. The highest BCUT2D eigenvalue weighted by molar-refractivity contribution is 6.04. The van der Waals surface area contributed by atoms with Crippen LogP contribution in [0.25, 0.3) is 0 Å². The van der Waals surface area contributed by atoms with Crippen molar-refractivity contribution in [3.63, 3.8) is 0 Å². The fourth-order valence-corrected chi connectivity index (χ4v) is 2.47. The van der Waals surface area contributed by atoms with Crippen molar-refractivity contribution >= 4 is 11.6 Å². The summed E-state index contributed by atoms with van der Waals surface area (Å²) in [5.41, 5.74) is 4.30. The molecule has 0 saturated carbocycles. The third-order valence-corrected chi connectivity index (χ3v) is 3.73. The van der Waals surface area contributed by atoms with E-state index in [9.17, 15) is 4.79 Å². The maximum atomic E-state index is 12.3. The van der Waals surface area contributed by atoms with Crippen molar-refractivity contribution in [2.45, 2.75) is 20.0 Å². The Kier molecular flexibility index (Phi) is 4.06. The molecule has 5 nitrogen and oxygen atoms in total. The van der Waals surface area contributed by atoms with Crippen LogP contribution in [0, 0.1) is 6.92 Å². The first-order chi connectivity index (χ1) is 10.7. The molecule has 2 aromatic rings. The second kappa shape index (κ2) is 6.15. The lowest BCUT2D eigenvalue weighted by molar-refractivity contribution is 0.102.